The molecule has 3 heterocycles. The highest BCUT2D eigenvalue weighted by Crippen LogP contribution is 2.32. The molecule has 0 saturated carbocycles. The van der Waals surface area contributed by atoms with Crippen LogP contribution >= 0.6 is 0 Å². The molecule has 1 fully saturated rings. The molecule has 1 atom stereocenters. The van der Waals surface area contributed by atoms with Crippen LogP contribution in [0.15, 0.2) is 36.8 Å². The van der Waals surface area contributed by atoms with Gasteiger partial charge < -0.3 is 14.2 Å². The normalized spacial score (nSPS) is 21.8. The summed E-state index contributed by atoms with van der Waals surface area (Å²) in [5.41, 5.74) is 1.92. The van der Waals surface area contributed by atoms with Crippen molar-refractivity contribution in [3.8, 4) is 5.75 Å². The Morgan fingerprint density at radius 2 is 2.12 bits per heavy atom. The van der Waals surface area contributed by atoms with E-state index in [0.717, 1.165) is 17.0 Å². The Hall–Kier alpha value is -2.48. The van der Waals surface area contributed by atoms with Crippen molar-refractivity contribution in [2.45, 2.75) is 25.1 Å². The standard InChI is InChI=1S/C18H20F2N4O2/c1-26-16-5-3-2-4-13(16)7-22-8-14-6-21-12-24(14)15(9-22)17(25)23-10-18(19,20)11-23/h2-6,12,15H,7-11H2,1H3/t15-/m1/s1. The van der Waals surface area contributed by atoms with Gasteiger partial charge in [-0.05, 0) is 6.07 Å². The van der Waals surface area contributed by atoms with E-state index >= 15 is 0 Å². The molecule has 1 aromatic carbocycles. The zero-order chi connectivity index (χ0) is 18.3. The molecule has 4 rings (SSSR count). The summed E-state index contributed by atoms with van der Waals surface area (Å²) >= 11 is 0. The second kappa shape index (κ2) is 6.35. The third kappa shape index (κ3) is 3.05. The van der Waals surface area contributed by atoms with E-state index in [1.165, 1.54) is 4.90 Å². The van der Waals surface area contributed by atoms with Crippen molar-refractivity contribution in [2.24, 2.45) is 0 Å². The van der Waals surface area contributed by atoms with Gasteiger partial charge in [-0.15, -0.1) is 0 Å². The van der Waals surface area contributed by atoms with Gasteiger partial charge in [0.2, 0.25) is 5.91 Å². The molecule has 0 bridgehead atoms. The minimum absolute atomic E-state index is 0.278. The van der Waals surface area contributed by atoms with E-state index in [9.17, 15) is 13.6 Å². The first-order valence-corrected chi connectivity index (χ1v) is 8.48. The number of carbonyl (C=O) groups is 1. The van der Waals surface area contributed by atoms with Crippen LogP contribution in [0.25, 0.3) is 0 Å². The summed E-state index contributed by atoms with van der Waals surface area (Å²) in [5, 5.41) is 0. The third-order valence-corrected chi connectivity index (χ3v) is 4.93. The SMILES string of the molecule is COc1ccccc1CN1Cc2cncn2[C@@H](C(=O)N2CC(F)(F)C2)C1. The number of ether oxygens (including phenoxy) is 1. The zero-order valence-corrected chi connectivity index (χ0v) is 14.4. The second-order valence-electron chi connectivity index (χ2n) is 6.84. The molecule has 2 aliphatic rings. The minimum Gasteiger partial charge on any atom is -0.496 e. The van der Waals surface area contributed by atoms with Gasteiger partial charge in [-0.3, -0.25) is 9.69 Å². The fourth-order valence-electron chi connectivity index (χ4n) is 3.63. The first-order valence-electron chi connectivity index (χ1n) is 8.48. The van der Waals surface area contributed by atoms with Gasteiger partial charge in [0.1, 0.15) is 11.8 Å². The van der Waals surface area contributed by atoms with Gasteiger partial charge in [0.15, 0.2) is 0 Å². The summed E-state index contributed by atoms with van der Waals surface area (Å²) in [7, 11) is 1.63. The van der Waals surface area contributed by atoms with Crippen LogP contribution in [-0.4, -0.2) is 57.9 Å². The van der Waals surface area contributed by atoms with Gasteiger partial charge in [-0.1, -0.05) is 18.2 Å². The number of aromatic nitrogens is 2. The number of fused-ring (bicyclic) bond motifs is 1. The number of imidazole rings is 1. The number of amides is 1. The number of nitrogens with zero attached hydrogens (tertiary/aromatic N) is 4. The number of carbonyl (C=O) groups excluding carboxylic acids is 1. The molecule has 2 aromatic rings. The predicted octanol–water partition coefficient (Wildman–Crippen LogP) is 1.93. The van der Waals surface area contributed by atoms with Crippen molar-refractivity contribution >= 4 is 5.91 Å². The minimum atomic E-state index is -2.76. The van der Waals surface area contributed by atoms with Crippen LogP contribution in [-0.2, 0) is 17.9 Å². The Morgan fingerprint density at radius 3 is 2.85 bits per heavy atom. The first kappa shape index (κ1) is 17.0. The molecule has 0 N–H and O–H groups in total. The predicted molar refractivity (Wildman–Crippen MR) is 89.9 cm³/mol. The highest BCUT2D eigenvalue weighted by atomic mass is 19.3. The fraction of sp³-hybridized carbons (Fsp3) is 0.444. The molecule has 6 nitrogen and oxygen atoms in total. The number of alkyl halides is 2. The maximum atomic E-state index is 13.2. The van der Waals surface area contributed by atoms with Crippen molar-refractivity contribution in [1.29, 1.82) is 0 Å². The average Bonchev–Trinajstić information content (AvgIpc) is 3.07. The topological polar surface area (TPSA) is 50.6 Å². The number of methoxy groups -OCH3 is 1. The molecule has 1 amide bonds. The maximum absolute atomic E-state index is 13.2. The number of halogens is 2. The van der Waals surface area contributed by atoms with Gasteiger partial charge in [-0.2, -0.15) is 0 Å². The number of hydrogen-bond donors (Lipinski definition) is 0. The van der Waals surface area contributed by atoms with Gasteiger partial charge in [-0.25, -0.2) is 13.8 Å². The zero-order valence-electron chi connectivity index (χ0n) is 14.4. The fourth-order valence-corrected chi connectivity index (χ4v) is 3.63. The molecule has 0 spiro atoms. The first-order chi connectivity index (χ1) is 12.5. The van der Waals surface area contributed by atoms with E-state index in [-0.39, 0.29) is 5.91 Å². The Kier molecular flexibility index (Phi) is 4.14. The molecule has 0 aliphatic carbocycles. The number of rotatable bonds is 4. The number of hydrogen-bond acceptors (Lipinski definition) is 4. The lowest BCUT2D eigenvalue weighted by atomic mass is 10.1. The number of benzene rings is 1. The summed E-state index contributed by atoms with van der Waals surface area (Å²) in [6, 6.07) is 7.19. The Labute approximate surface area is 150 Å². The Morgan fingerprint density at radius 1 is 1.35 bits per heavy atom. The summed E-state index contributed by atoms with van der Waals surface area (Å²) < 4.78 is 33.5. The van der Waals surface area contributed by atoms with Crippen LogP contribution in [0.3, 0.4) is 0 Å². The maximum Gasteiger partial charge on any atom is 0.282 e. The Bertz CT molecular complexity index is 815. The lowest BCUT2D eigenvalue weighted by Gasteiger charge is -2.42. The number of likely N-dealkylation sites (tertiary alicyclic amines) is 1. The van der Waals surface area contributed by atoms with Crippen molar-refractivity contribution in [3.63, 3.8) is 0 Å². The van der Waals surface area contributed by atoms with Crippen LogP contribution in [0.5, 0.6) is 5.75 Å². The van der Waals surface area contributed by atoms with Crippen molar-refractivity contribution in [1.82, 2.24) is 19.4 Å². The molecule has 0 unspecified atom stereocenters. The van der Waals surface area contributed by atoms with E-state index in [4.69, 9.17) is 4.74 Å². The molecule has 1 aromatic heterocycles. The van der Waals surface area contributed by atoms with E-state index in [2.05, 4.69) is 9.88 Å². The molecule has 0 radical (unpaired) electrons. The van der Waals surface area contributed by atoms with Crippen LogP contribution in [0.2, 0.25) is 0 Å². The van der Waals surface area contributed by atoms with Crippen LogP contribution in [0.4, 0.5) is 8.78 Å². The van der Waals surface area contributed by atoms with Crippen LogP contribution < -0.4 is 4.74 Å². The quantitative estimate of drug-likeness (QED) is 0.834. The van der Waals surface area contributed by atoms with Crippen LogP contribution in [0.1, 0.15) is 17.3 Å². The smallest absolute Gasteiger partial charge is 0.282 e. The lowest BCUT2D eigenvalue weighted by molar-refractivity contribution is -0.170. The van der Waals surface area contributed by atoms with Crippen molar-refractivity contribution in [3.05, 3.63) is 48.0 Å². The summed E-state index contributed by atoms with van der Waals surface area (Å²) in [6.45, 7) is 0.688. The monoisotopic (exact) mass is 362 g/mol. The average molecular weight is 362 g/mol. The van der Waals surface area contributed by atoms with E-state index < -0.39 is 25.1 Å². The van der Waals surface area contributed by atoms with Gasteiger partial charge in [0, 0.05) is 31.4 Å². The van der Waals surface area contributed by atoms with Crippen LogP contribution in [0, 0.1) is 0 Å². The summed E-state index contributed by atoms with van der Waals surface area (Å²) in [6.07, 6.45) is 3.33. The Balaban J connectivity index is 1.54. The summed E-state index contributed by atoms with van der Waals surface area (Å²) in [4.78, 5) is 20.2. The molecule has 2 aliphatic heterocycles. The van der Waals surface area contributed by atoms with E-state index in [1.54, 1.807) is 24.2 Å². The second-order valence-corrected chi connectivity index (χ2v) is 6.84. The van der Waals surface area contributed by atoms with Gasteiger partial charge in [0.05, 0.1) is 32.2 Å². The van der Waals surface area contributed by atoms with Crippen molar-refractivity contribution in [2.75, 3.05) is 26.7 Å². The number of para-hydroxylation sites is 1. The lowest BCUT2D eigenvalue weighted by Crippen LogP contribution is -2.61. The van der Waals surface area contributed by atoms with E-state index in [0.29, 0.717) is 19.6 Å². The molecule has 8 heteroatoms. The van der Waals surface area contributed by atoms with Gasteiger partial charge in [0.25, 0.3) is 5.92 Å². The largest absolute Gasteiger partial charge is 0.496 e. The molecule has 26 heavy (non-hydrogen) atoms. The molecular formula is C18H20F2N4O2. The molecule has 138 valence electrons. The van der Waals surface area contributed by atoms with Gasteiger partial charge >= 0.3 is 0 Å². The molecule has 1 saturated heterocycles. The highest BCUT2D eigenvalue weighted by Gasteiger charge is 2.48. The molecular weight excluding hydrogens is 342 g/mol. The van der Waals surface area contributed by atoms with E-state index in [1.807, 2.05) is 24.3 Å². The van der Waals surface area contributed by atoms with Crippen molar-refractivity contribution < 1.29 is 18.3 Å². The highest BCUT2D eigenvalue weighted by molar-refractivity contribution is 5.82. The third-order valence-electron chi connectivity index (χ3n) is 4.93. The summed E-state index contributed by atoms with van der Waals surface area (Å²) in [5.74, 6) is -2.25.